The highest BCUT2D eigenvalue weighted by atomic mass is 32.2. The molecule has 0 saturated carbocycles. The van der Waals surface area contributed by atoms with E-state index in [1.807, 2.05) is 6.20 Å². The summed E-state index contributed by atoms with van der Waals surface area (Å²) in [7, 11) is 0. The average molecular weight is 293 g/mol. The Hall–Kier alpha value is -0.740. The van der Waals surface area contributed by atoms with Crippen molar-refractivity contribution < 1.29 is 0 Å². The van der Waals surface area contributed by atoms with Gasteiger partial charge in [0.2, 0.25) is 0 Å². The van der Waals surface area contributed by atoms with Crippen molar-refractivity contribution in [2.75, 3.05) is 30.3 Å². The fourth-order valence-corrected chi connectivity index (χ4v) is 3.60. The number of nitrogens with one attached hydrogen (secondary N) is 1. The van der Waals surface area contributed by atoms with E-state index in [2.05, 4.69) is 66.8 Å². The van der Waals surface area contributed by atoms with Crippen LogP contribution in [0.4, 0.5) is 5.69 Å². The minimum atomic E-state index is 0.345. The molecule has 0 bridgehead atoms. The van der Waals surface area contributed by atoms with Crippen molar-refractivity contribution in [3.63, 3.8) is 0 Å². The van der Waals surface area contributed by atoms with Crippen LogP contribution in [-0.4, -0.2) is 35.1 Å². The molecule has 1 saturated heterocycles. The summed E-state index contributed by atoms with van der Waals surface area (Å²) in [5.41, 5.74) is 2.45. The summed E-state index contributed by atoms with van der Waals surface area (Å²) in [6.45, 7) is 13.3. The van der Waals surface area contributed by atoms with E-state index in [1.54, 1.807) is 0 Å². The normalized spacial score (nSPS) is 18.6. The lowest BCUT2D eigenvalue weighted by Crippen LogP contribution is -2.43. The van der Waals surface area contributed by atoms with Gasteiger partial charge in [-0.25, -0.2) is 0 Å². The van der Waals surface area contributed by atoms with Gasteiger partial charge in [-0.05, 0) is 38.4 Å². The highest BCUT2D eigenvalue weighted by molar-refractivity contribution is 8.00. The zero-order valence-electron chi connectivity index (χ0n) is 13.1. The predicted octanol–water partition coefficient (Wildman–Crippen LogP) is 3.16. The zero-order chi connectivity index (χ0) is 14.6. The Bertz CT molecular complexity index is 431. The molecular weight excluding hydrogens is 266 g/mol. The van der Waals surface area contributed by atoms with Crippen molar-refractivity contribution in [1.29, 1.82) is 0 Å². The molecule has 4 heteroatoms. The molecule has 112 valence electrons. The summed E-state index contributed by atoms with van der Waals surface area (Å²) in [5, 5.41) is 3.46. The first-order valence-electron chi connectivity index (χ1n) is 7.51. The Morgan fingerprint density at radius 2 is 2.25 bits per heavy atom. The molecule has 0 unspecified atom stereocenters. The molecule has 0 spiro atoms. The van der Waals surface area contributed by atoms with Crippen LogP contribution in [0.2, 0.25) is 0 Å². The molecule has 2 rings (SSSR count). The molecule has 0 aliphatic carbocycles. The highest BCUT2D eigenvalue weighted by Gasteiger charge is 2.27. The number of aromatic nitrogens is 1. The quantitative estimate of drug-likeness (QED) is 0.902. The number of pyridine rings is 1. The molecule has 2 heterocycles. The van der Waals surface area contributed by atoms with Gasteiger partial charge in [0.05, 0.1) is 5.69 Å². The Balaban J connectivity index is 1.98. The molecule has 1 N–H and O–H groups in total. The van der Waals surface area contributed by atoms with E-state index in [1.165, 1.54) is 11.4 Å². The summed E-state index contributed by atoms with van der Waals surface area (Å²) >= 11 is 2.07. The number of thioether (sulfide) groups is 1. The Labute approximate surface area is 127 Å². The Morgan fingerprint density at radius 3 is 2.95 bits per heavy atom. The van der Waals surface area contributed by atoms with E-state index < -0.39 is 0 Å². The third-order valence-electron chi connectivity index (χ3n) is 3.45. The predicted molar refractivity (Wildman–Crippen MR) is 89.5 cm³/mol. The molecule has 20 heavy (non-hydrogen) atoms. The highest BCUT2D eigenvalue weighted by Crippen LogP contribution is 2.32. The van der Waals surface area contributed by atoms with Crippen molar-refractivity contribution in [2.45, 2.75) is 39.0 Å². The van der Waals surface area contributed by atoms with Gasteiger partial charge >= 0.3 is 0 Å². The second kappa shape index (κ2) is 6.81. The Kier molecular flexibility index (Phi) is 5.33. The van der Waals surface area contributed by atoms with Gasteiger partial charge in [0.15, 0.2) is 0 Å². The van der Waals surface area contributed by atoms with Crippen LogP contribution in [0.15, 0.2) is 18.3 Å². The van der Waals surface area contributed by atoms with E-state index >= 15 is 0 Å². The molecule has 3 nitrogen and oxygen atoms in total. The third-order valence-corrected chi connectivity index (χ3v) is 4.75. The molecule has 1 aromatic rings. The van der Waals surface area contributed by atoms with Crippen molar-refractivity contribution in [3.8, 4) is 0 Å². The number of hydrogen-bond acceptors (Lipinski definition) is 4. The van der Waals surface area contributed by atoms with Crippen molar-refractivity contribution in [1.82, 2.24) is 10.3 Å². The monoisotopic (exact) mass is 293 g/mol. The van der Waals surface area contributed by atoms with Gasteiger partial charge in [-0.3, -0.25) is 4.98 Å². The van der Waals surface area contributed by atoms with E-state index in [4.69, 9.17) is 0 Å². The van der Waals surface area contributed by atoms with Gasteiger partial charge in [-0.15, -0.1) is 0 Å². The van der Waals surface area contributed by atoms with Gasteiger partial charge in [-0.1, -0.05) is 13.8 Å². The van der Waals surface area contributed by atoms with Crippen molar-refractivity contribution >= 4 is 17.4 Å². The summed E-state index contributed by atoms with van der Waals surface area (Å²) < 4.78 is 0.345. The lowest BCUT2D eigenvalue weighted by Gasteiger charge is -2.39. The van der Waals surface area contributed by atoms with E-state index in [0.29, 0.717) is 10.7 Å². The third kappa shape index (κ3) is 4.67. The molecule has 0 amide bonds. The molecule has 0 aromatic carbocycles. The smallest absolute Gasteiger partial charge is 0.0562 e. The lowest BCUT2D eigenvalue weighted by atomic mass is 10.1. The Morgan fingerprint density at radius 1 is 1.45 bits per heavy atom. The van der Waals surface area contributed by atoms with Gasteiger partial charge in [0.25, 0.3) is 0 Å². The number of nitrogens with zero attached hydrogens (tertiary/aromatic N) is 2. The fraction of sp³-hybridized carbons (Fsp3) is 0.688. The minimum absolute atomic E-state index is 0.345. The van der Waals surface area contributed by atoms with Crippen molar-refractivity contribution in [3.05, 3.63) is 24.0 Å². The van der Waals surface area contributed by atoms with Crippen LogP contribution in [0.1, 0.15) is 33.4 Å². The van der Waals surface area contributed by atoms with E-state index in [-0.39, 0.29) is 0 Å². The van der Waals surface area contributed by atoms with Gasteiger partial charge < -0.3 is 10.2 Å². The SMILES string of the molecule is CC(C)CNCc1cc(N2CCSC(C)(C)C2)ccn1. The van der Waals surface area contributed by atoms with Crippen LogP contribution in [0.25, 0.3) is 0 Å². The summed E-state index contributed by atoms with van der Waals surface area (Å²) in [5.74, 6) is 1.88. The van der Waals surface area contributed by atoms with Gasteiger partial charge in [0, 0.05) is 42.0 Å². The number of anilines is 1. The molecule has 0 radical (unpaired) electrons. The molecule has 1 aliphatic heterocycles. The van der Waals surface area contributed by atoms with E-state index in [0.717, 1.165) is 31.9 Å². The van der Waals surface area contributed by atoms with Gasteiger partial charge in [0.1, 0.15) is 0 Å². The second-order valence-corrected chi connectivity index (χ2v) is 8.36. The molecule has 0 atom stereocenters. The van der Waals surface area contributed by atoms with Crippen molar-refractivity contribution in [2.24, 2.45) is 5.92 Å². The van der Waals surface area contributed by atoms with Crippen LogP contribution < -0.4 is 10.2 Å². The largest absolute Gasteiger partial charge is 0.369 e. The average Bonchev–Trinajstić information content (AvgIpc) is 2.37. The molecule has 1 aromatic heterocycles. The standard InChI is InChI=1S/C16H27N3S/c1-13(2)10-17-11-14-9-15(5-6-18-14)19-7-8-20-16(3,4)12-19/h5-6,9,13,17H,7-8,10-12H2,1-4H3. The number of hydrogen-bond donors (Lipinski definition) is 1. The number of rotatable bonds is 5. The van der Waals surface area contributed by atoms with Crippen LogP contribution in [0, 0.1) is 5.92 Å². The molecular formula is C16H27N3S. The summed E-state index contributed by atoms with van der Waals surface area (Å²) in [6, 6.07) is 4.37. The lowest BCUT2D eigenvalue weighted by molar-refractivity contribution is 0.548. The van der Waals surface area contributed by atoms with Crippen LogP contribution in [-0.2, 0) is 6.54 Å². The zero-order valence-corrected chi connectivity index (χ0v) is 14.0. The van der Waals surface area contributed by atoms with Crippen LogP contribution in [0.3, 0.4) is 0 Å². The first-order chi connectivity index (χ1) is 9.46. The topological polar surface area (TPSA) is 28.2 Å². The summed E-state index contributed by atoms with van der Waals surface area (Å²) in [6.07, 6.45) is 1.94. The maximum absolute atomic E-state index is 4.47. The molecule has 1 fully saturated rings. The maximum atomic E-state index is 4.47. The second-order valence-electron chi connectivity index (χ2n) is 6.56. The van der Waals surface area contributed by atoms with Crippen LogP contribution in [0.5, 0.6) is 0 Å². The first-order valence-corrected chi connectivity index (χ1v) is 8.49. The van der Waals surface area contributed by atoms with E-state index in [9.17, 15) is 0 Å². The maximum Gasteiger partial charge on any atom is 0.0562 e. The summed E-state index contributed by atoms with van der Waals surface area (Å²) in [4.78, 5) is 6.96. The minimum Gasteiger partial charge on any atom is -0.369 e. The molecule has 1 aliphatic rings. The fourth-order valence-electron chi connectivity index (χ4n) is 2.48. The first kappa shape index (κ1) is 15.6. The van der Waals surface area contributed by atoms with Gasteiger partial charge in [-0.2, -0.15) is 11.8 Å². The van der Waals surface area contributed by atoms with Crippen LogP contribution >= 0.6 is 11.8 Å².